The standard InChI is InChI=1S/C13H13BrClNOS/c1-17-12-4-2-8(15)6-10(12)11(16)7-9-3-5-13(14)18-9/h2-6,11H,7,16H2,1H3. The smallest absolute Gasteiger partial charge is 0.123 e. The minimum atomic E-state index is -0.121. The second-order valence-electron chi connectivity index (χ2n) is 3.90. The molecule has 1 atom stereocenters. The van der Waals surface area contributed by atoms with Crippen LogP contribution in [0.15, 0.2) is 34.1 Å². The minimum Gasteiger partial charge on any atom is -0.496 e. The molecule has 2 nitrogen and oxygen atoms in total. The second kappa shape index (κ2) is 6.06. The predicted molar refractivity (Wildman–Crippen MR) is 80.7 cm³/mol. The Morgan fingerprint density at radius 2 is 2.17 bits per heavy atom. The molecule has 0 aliphatic rings. The highest BCUT2D eigenvalue weighted by molar-refractivity contribution is 9.11. The summed E-state index contributed by atoms with van der Waals surface area (Å²) >= 11 is 11.2. The Morgan fingerprint density at radius 3 is 2.78 bits per heavy atom. The number of ether oxygens (including phenoxy) is 1. The van der Waals surface area contributed by atoms with E-state index < -0.39 is 0 Å². The van der Waals surface area contributed by atoms with E-state index in [1.54, 1.807) is 24.5 Å². The molecular weight excluding hydrogens is 334 g/mol. The van der Waals surface area contributed by atoms with Crippen LogP contribution in [0, 0.1) is 0 Å². The van der Waals surface area contributed by atoms with Gasteiger partial charge in [0.05, 0.1) is 10.9 Å². The largest absolute Gasteiger partial charge is 0.496 e. The molecule has 0 saturated heterocycles. The predicted octanol–water partition coefficient (Wildman–Crippen LogP) is 4.42. The Bertz CT molecular complexity index is 544. The monoisotopic (exact) mass is 345 g/mol. The van der Waals surface area contributed by atoms with Gasteiger partial charge < -0.3 is 10.5 Å². The van der Waals surface area contributed by atoms with Gasteiger partial charge in [-0.25, -0.2) is 0 Å². The number of methoxy groups -OCH3 is 1. The van der Waals surface area contributed by atoms with Crippen LogP contribution in [0.2, 0.25) is 5.02 Å². The lowest BCUT2D eigenvalue weighted by Gasteiger charge is -2.15. The van der Waals surface area contributed by atoms with Gasteiger partial charge in [-0.1, -0.05) is 11.6 Å². The van der Waals surface area contributed by atoms with Crippen LogP contribution in [-0.2, 0) is 6.42 Å². The summed E-state index contributed by atoms with van der Waals surface area (Å²) in [4.78, 5) is 1.23. The van der Waals surface area contributed by atoms with Crippen molar-refractivity contribution in [1.29, 1.82) is 0 Å². The molecule has 0 radical (unpaired) electrons. The summed E-state index contributed by atoms with van der Waals surface area (Å²) in [6.07, 6.45) is 0.771. The maximum Gasteiger partial charge on any atom is 0.123 e. The summed E-state index contributed by atoms with van der Waals surface area (Å²) in [5, 5.41) is 0.675. The SMILES string of the molecule is COc1ccc(Cl)cc1C(N)Cc1ccc(Br)s1. The van der Waals surface area contributed by atoms with E-state index in [1.165, 1.54) is 4.88 Å². The average Bonchev–Trinajstić information content (AvgIpc) is 2.74. The van der Waals surface area contributed by atoms with Gasteiger partial charge in [-0.15, -0.1) is 11.3 Å². The van der Waals surface area contributed by atoms with Gasteiger partial charge in [-0.05, 0) is 46.3 Å². The molecule has 2 aromatic rings. The van der Waals surface area contributed by atoms with Crippen LogP contribution < -0.4 is 10.5 Å². The number of nitrogens with two attached hydrogens (primary N) is 1. The van der Waals surface area contributed by atoms with Gasteiger partial charge in [0, 0.05) is 27.9 Å². The lowest BCUT2D eigenvalue weighted by Crippen LogP contribution is -2.13. The Kier molecular flexibility index (Phi) is 4.67. The van der Waals surface area contributed by atoms with Crippen LogP contribution in [-0.4, -0.2) is 7.11 Å². The molecule has 1 aromatic carbocycles. The highest BCUT2D eigenvalue weighted by Crippen LogP contribution is 2.31. The van der Waals surface area contributed by atoms with Crippen molar-refractivity contribution in [2.45, 2.75) is 12.5 Å². The molecule has 0 bridgehead atoms. The zero-order valence-electron chi connectivity index (χ0n) is 9.82. The third kappa shape index (κ3) is 3.26. The lowest BCUT2D eigenvalue weighted by molar-refractivity contribution is 0.405. The van der Waals surface area contributed by atoms with Crippen molar-refractivity contribution in [1.82, 2.24) is 0 Å². The Morgan fingerprint density at radius 1 is 1.39 bits per heavy atom. The number of benzene rings is 1. The van der Waals surface area contributed by atoms with Crippen LogP contribution in [0.5, 0.6) is 5.75 Å². The minimum absolute atomic E-state index is 0.121. The molecule has 5 heteroatoms. The van der Waals surface area contributed by atoms with Crippen molar-refractivity contribution < 1.29 is 4.74 Å². The molecule has 0 amide bonds. The highest BCUT2D eigenvalue weighted by Gasteiger charge is 2.14. The summed E-state index contributed by atoms with van der Waals surface area (Å²) in [6.45, 7) is 0. The molecule has 0 fully saturated rings. The van der Waals surface area contributed by atoms with E-state index in [2.05, 4.69) is 22.0 Å². The molecule has 18 heavy (non-hydrogen) atoms. The number of halogens is 2. The fourth-order valence-corrected chi connectivity index (χ4v) is 3.51. The molecule has 2 rings (SSSR count). The Labute approximate surface area is 124 Å². The maximum absolute atomic E-state index is 6.23. The van der Waals surface area contributed by atoms with E-state index in [0.29, 0.717) is 5.02 Å². The molecule has 0 aliphatic carbocycles. The van der Waals surface area contributed by atoms with Crippen LogP contribution in [0.4, 0.5) is 0 Å². The van der Waals surface area contributed by atoms with Crippen LogP contribution >= 0.6 is 38.9 Å². The van der Waals surface area contributed by atoms with Gasteiger partial charge in [0.25, 0.3) is 0 Å². The molecule has 1 heterocycles. The zero-order valence-corrected chi connectivity index (χ0v) is 13.0. The third-order valence-corrected chi connectivity index (χ3v) is 4.52. The van der Waals surface area contributed by atoms with E-state index in [1.807, 2.05) is 18.2 Å². The fraction of sp³-hybridized carbons (Fsp3) is 0.231. The van der Waals surface area contributed by atoms with Gasteiger partial charge >= 0.3 is 0 Å². The van der Waals surface area contributed by atoms with Crippen molar-refractivity contribution in [2.24, 2.45) is 5.73 Å². The molecule has 96 valence electrons. The molecule has 0 saturated carbocycles. The first-order valence-electron chi connectivity index (χ1n) is 5.43. The van der Waals surface area contributed by atoms with E-state index in [0.717, 1.165) is 21.5 Å². The summed E-state index contributed by atoms with van der Waals surface area (Å²) < 4.78 is 6.43. The summed E-state index contributed by atoms with van der Waals surface area (Å²) in [5.74, 6) is 0.780. The van der Waals surface area contributed by atoms with E-state index in [-0.39, 0.29) is 6.04 Å². The summed E-state index contributed by atoms with van der Waals surface area (Å²) in [7, 11) is 1.64. The number of hydrogen-bond donors (Lipinski definition) is 1. The van der Waals surface area contributed by atoms with Crippen molar-refractivity contribution in [3.05, 3.63) is 49.6 Å². The number of rotatable bonds is 4. The van der Waals surface area contributed by atoms with Gasteiger partial charge in [-0.3, -0.25) is 0 Å². The molecule has 1 aromatic heterocycles. The average molecular weight is 347 g/mol. The van der Waals surface area contributed by atoms with Crippen molar-refractivity contribution in [2.75, 3.05) is 7.11 Å². The van der Waals surface area contributed by atoms with Crippen LogP contribution in [0.25, 0.3) is 0 Å². The highest BCUT2D eigenvalue weighted by atomic mass is 79.9. The van der Waals surface area contributed by atoms with Crippen molar-refractivity contribution in [3.63, 3.8) is 0 Å². The topological polar surface area (TPSA) is 35.2 Å². The van der Waals surface area contributed by atoms with Gasteiger partial charge in [0.1, 0.15) is 5.75 Å². The first-order chi connectivity index (χ1) is 8.60. The first-order valence-corrected chi connectivity index (χ1v) is 7.42. The molecule has 2 N–H and O–H groups in total. The summed E-state index contributed by atoms with van der Waals surface area (Å²) in [6, 6.07) is 9.51. The maximum atomic E-state index is 6.23. The van der Waals surface area contributed by atoms with Crippen LogP contribution in [0.3, 0.4) is 0 Å². The van der Waals surface area contributed by atoms with Gasteiger partial charge in [0.2, 0.25) is 0 Å². The lowest BCUT2D eigenvalue weighted by atomic mass is 10.0. The zero-order chi connectivity index (χ0) is 13.1. The quantitative estimate of drug-likeness (QED) is 0.889. The normalized spacial score (nSPS) is 12.4. The molecule has 1 unspecified atom stereocenters. The van der Waals surface area contributed by atoms with Crippen LogP contribution in [0.1, 0.15) is 16.5 Å². The summed E-state index contributed by atoms with van der Waals surface area (Å²) in [5.41, 5.74) is 7.17. The number of hydrogen-bond acceptors (Lipinski definition) is 3. The molecule has 0 aliphatic heterocycles. The van der Waals surface area contributed by atoms with Gasteiger partial charge in [-0.2, -0.15) is 0 Å². The fourth-order valence-electron chi connectivity index (χ4n) is 1.78. The second-order valence-corrected chi connectivity index (χ2v) is 6.89. The van der Waals surface area contributed by atoms with Gasteiger partial charge in [0.15, 0.2) is 0 Å². The van der Waals surface area contributed by atoms with Crippen molar-refractivity contribution in [3.8, 4) is 5.75 Å². The van der Waals surface area contributed by atoms with E-state index >= 15 is 0 Å². The molecular formula is C13H13BrClNOS. The van der Waals surface area contributed by atoms with E-state index in [4.69, 9.17) is 22.1 Å². The number of thiophene rings is 1. The Balaban J connectivity index is 2.22. The van der Waals surface area contributed by atoms with E-state index in [9.17, 15) is 0 Å². The molecule has 0 spiro atoms. The van der Waals surface area contributed by atoms with Crippen molar-refractivity contribution >= 4 is 38.9 Å². The first kappa shape index (κ1) is 13.9. The Hall–Kier alpha value is -0.550. The third-order valence-electron chi connectivity index (χ3n) is 2.64.